The van der Waals surface area contributed by atoms with Crippen molar-refractivity contribution in [1.82, 2.24) is 4.98 Å². The number of aryl methyl sites for hydroxylation is 1. The average molecular weight is 289 g/mol. The summed E-state index contributed by atoms with van der Waals surface area (Å²) in [5, 5.41) is 2.08. The lowest BCUT2D eigenvalue weighted by atomic mass is 10.4. The average Bonchev–Trinajstić information content (AvgIpc) is 2.86. The van der Waals surface area contributed by atoms with Gasteiger partial charge in [-0.15, -0.1) is 22.7 Å². The maximum Gasteiger partial charge on any atom is 0.264 e. The minimum atomic E-state index is -3.55. The van der Waals surface area contributed by atoms with E-state index in [1.54, 1.807) is 24.6 Å². The molecule has 0 saturated carbocycles. The first-order valence-electron chi connectivity index (χ1n) is 4.74. The van der Waals surface area contributed by atoms with Crippen LogP contribution in [-0.4, -0.2) is 13.4 Å². The Balaban J connectivity index is 2.34. The van der Waals surface area contributed by atoms with Gasteiger partial charge in [0.05, 0.1) is 0 Å². The lowest BCUT2D eigenvalue weighted by molar-refractivity contribution is 0.601. The molecular weight excluding hydrogens is 278 g/mol. The summed E-state index contributed by atoms with van der Waals surface area (Å²) in [5.41, 5.74) is 5.50. The Labute approximate surface area is 107 Å². The zero-order chi connectivity index (χ0) is 12.5. The quantitative estimate of drug-likeness (QED) is 0.898. The van der Waals surface area contributed by atoms with E-state index < -0.39 is 10.0 Å². The second kappa shape index (κ2) is 4.73. The molecule has 2 heterocycles. The van der Waals surface area contributed by atoms with Crippen LogP contribution < -0.4 is 10.5 Å². The molecule has 0 bridgehead atoms. The van der Waals surface area contributed by atoms with E-state index in [1.165, 1.54) is 22.7 Å². The molecule has 2 rings (SSSR count). The Morgan fingerprint density at radius 2 is 2.29 bits per heavy atom. The van der Waals surface area contributed by atoms with Crippen molar-refractivity contribution in [2.24, 2.45) is 5.73 Å². The Kier molecular flexibility index (Phi) is 3.48. The third kappa shape index (κ3) is 2.65. The maximum absolute atomic E-state index is 12.1. The van der Waals surface area contributed by atoms with Crippen LogP contribution in [0.5, 0.6) is 0 Å². The first-order chi connectivity index (χ1) is 8.03. The minimum Gasteiger partial charge on any atom is -0.326 e. The molecule has 0 saturated heterocycles. The first kappa shape index (κ1) is 12.5. The fourth-order valence-electron chi connectivity index (χ4n) is 1.34. The molecule has 3 N–H and O–H groups in total. The summed E-state index contributed by atoms with van der Waals surface area (Å²) in [4.78, 5) is 5.75. The largest absolute Gasteiger partial charge is 0.326 e. The molecule has 92 valence electrons. The number of sulfonamides is 1. The molecule has 8 heteroatoms. The van der Waals surface area contributed by atoms with Gasteiger partial charge in [0, 0.05) is 27.9 Å². The van der Waals surface area contributed by atoms with Crippen molar-refractivity contribution in [3.05, 3.63) is 27.4 Å². The summed E-state index contributed by atoms with van der Waals surface area (Å²) in [6.45, 7) is 2.11. The molecule has 0 amide bonds. The SMILES string of the molecule is Cc1sc(CN)cc1S(=O)(=O)Nc1nccs1. The topological polar surface area (TPSA) is 85.1 Å². The highest BCUT2D eigenvalue weighted by molar-refractivity contribution is 7.93. The van der Waals surface area contributed by atoms with Gasteiger partial charge in [0.2, 0.25) is 0 Å². The molecule has 0 spiro atoms. The normalized spacial score (nSPS) is 11.6. The number of aromatic nitrogens is 1. The van der Waals surface area contributed by atoms with Gasteiger partial charge in [0.15, 0.2) is 5.13 Å². The third-order valence-corrected chi connectivity index (χ3v) is 5.55. The van der Waals surface area contributed by atoms with Crippen LogP contribution in [0.2, 0.25) is 0 Å². The van der Waals surface area contributed by atoms with Crippen LogP contribution in [0, 0.1) is 6.92 Å². The molecule has 2 aromatic rings. The molecule has 0 aliphatic rings. The second-order valence-corrected chi connectivity index (χ2v) is 7.17. The van der Waals surface area contributed by atoms with Crippen LogP contribution in [-0.2, 0) is 16.6 Å². The maximum atomic E-state index is 12.1. The number of nitrogens with zero attached hydrogens (tertiary/aromatic N) is 1. The van der Waals surface area contributed by atoms with E-state index in [0.717, 1.165) is 9.75 Å². The van der Waals surface area contributed by atoms with Crippen molar-refractivity contribution in [3.63, 3.8) is 0 Å². The van der Waals surface area contributed by atoms with Gasteiger partial charge in [-0.05, 0) is 13.0 Å². The van der Waals surface area contributed by atoms with E-state index >= 15 is 0 Å². The van der Waals surface area contributed by atoms with Gasteiger partial charge in [-0.2, -0.15) is 0 Å². The summed E-state index contributed by atoms with van der Waals surface area (Å²) >= 11 is 2.63. The van der Waals surface area contributed by atoms with E-state index in [2.05, 4.69) is 9.71 Å². The van der Waals surface area contributed by atoms with Gasteiger partial charge in [-0.25, -0.2) is 13.4 Å². The van der Waals surface area contributed by atoms with Gasteiger partial charge < -0.3 is 5.73 Å². The molecule has 0 fully saturated rings. The third-order valence-electron chi connectivity index (χ3n) is 2.07. The molecule has 17 heavy (non-hydrogen) atoms. The van der Waals surface area contributed by atoms with E-state index in [9.17, 15) is 8.42 Å². The first-order valence-corrected chi connectivity index (χ1v) is 7.92. The predicted molar refractivity (Wildman–Crippen MR) is 69.9 cm³/mol. The highest BCUT2D eigenvalue weighted by atomic mass is 32.2. The number of nitrogens with two attached hydrogens (primary N) is 1. The number of thiophene rings is 1. The highest BCUT2D eigenvalue weighted by Crippen LogP contribution is 2.27. The van der Waals surface area contributed by atoms with E-state index in [1.807, 2.05) is 0 Å². The zero-order valence-electron chi connectivity index (χ0n) is 9.00. The molecule has 0 aliphatic heterocycles. The number of thiazole rings is 1. The van der Waals surface area contributed by atoms with Crippen molar-refractivity contribution in [2.75, 3.05) is 4.72 Å². The van der Waals surface area contributed by atoms with Crippen molar-refractivity contribution in [2.45, 2.75) is 18.4 Å². The second-order valence-electron chi connectivity index (χ2n) is 3.28. The monoisotopic (exact) mass is 289 g/mol. The summed E-state index contributed by atoms with van der Waals surface area (Å²) in [7, 11) is -3.55. The van der Waals surface area contributed by atoms with Crippen LogP contribution in [0.3, 0.4) is 0 Å². The van der Waals surface area contributed by atoms with Crippen LogP contribution >= 0.6 is 22.7 Å². The molecule has 2 aromatic heterocycles. The zero-order valence-corrected chi connectivity index (χ0v) is 11.5. The Morgan fingerprint density at radius 3 is 2.82 bits per heavy atom. The Morgan fingerprint density at radius 1 is 1.53 bits per heavy atom. The summed E-state index contributed by atoms with van der Waals surface area (Å²) in [6.07, 6.45) is 1.55. The van der Waals surface area contributed by atoms with E-state index in [4.69, 9.17) is 5.73 Å². The predicted octanol–water partition coefficient (Wildman–Crippen LogP) is 1.77. The van der Waals surface area contributed by atoms with Crippen molar-refractivity contribution < 1.29 is 8.42 Å². The fraction of sp³-hybridized carbons (Fsp3) is 0.222. The molecule has 0 aromatic carbocycles. The summed E-state index contributed by atoms with van der Waals surface area (Å²) in [6, 6.07) is 1.61. The summed E-state index contributed by atoms with van der Waals surface area (Å²) in [5.74, 6) is 0. The molecule has 0 atom stereocenters. The lowest BCUT2D eigenvalue weighted by Crippen LogP contribution is -2.12. The van der Waals surface area contributed by atoms with Crippen LogP contribution in [0.25, 0.3) is 0 Å². The van der Waals surface area contributed by atoms with Crippen LogP contribution in [0.4, 0.5) is 5.13 Å². The van der Waals surface area contributed by atoms with Gasteiger partial charge in [0.1, 0.15) is 4.90 Å². The van der Waals surface area contributed by atoms with E-state index in [-0.39, 0.29) is 4.90 Å². The van der Waals surface area contributed by atoms with Gasteiger partial charge >= 0.3 is 0 Å². The number of hydrogen-bond donors (Lipinski definition) is 2. The fourth-order valence-corrected chi connectivity index (χ4v) is 4.64. The van der Waals surface area contributed by atoms with Gasteiger partial charge in [-0.3, -0.25) is 4.72 Å². The molecule has 0 radical (unpaired) electrons. The van der Waals surface area contributed by atoms with Crippen LogP contribution in [0.1, 0.15) is 9.75 Å². The Hall–Kier alpha value is -0.960. The number of rotatable bonds is 4. The van der Waals surface area contributed by atoms with E-state index in [0.29, 0.717) is 11.7 Å². The lowest BCUT2D eigenvalue weighted by Gasteiger charge is -2.03. The number of hydrogen-bond acceptors (Lipinski definition) is 6. The molecular formula is C9H11N3O2S3. The number of nitrogens with one attached hydrogen (secondary N) is 1. The van der Waals surface area contributed by atoms with Gasteiger partial charge in [-0.1, -0.05) is 0 Å². The standard InChI is InChI=1S/C9H11N3O2S3/c1-6-8(4-7(5-10)16-6)17(13,14)12-9-11-2-3-15-9/h2-4H,5,10H2,1H3,(H,11,12). The molecule has 5 nitrogen and oxygen atoms in total. The van der Waals surface area contributed by atoms with Crippen molar-refractivity contribution in [1.29, 1.82) is 0 Å². The highest BCUT2D eigenvalue weighted by Gasteiger charge is 2.20. The van der Waals surface area contributed by atoms with Gasteiger partial charge in [0.25, 0.3) is 10.0 Å². The smallest absolute Gasteiger partial charge is 0.264 e. The van der Waals surface area contributed by atoms with Crippen molar-refractivity contribution in [3.8, 4) is 0 Å². The number of anilines is 1. The molecule has 0 aliphatic carbocycles. The molecule has 0 unspecified atom stereocenters. The summed E-state index contributed by atoms with van der Waals surface area (Å²) < 4.78 is 26.6. The van der Waals surface area contributed by atoms with Crippen molar-refractivity contribution >= 4 is 37.8 Å². The Bertz CT molecular complexity index is 601. The minimum absolute atomic E-state index is 0.276. The van der Waals surface area contributed by atoms with Crippen LogP contribution in [0.15, 0.2) is 22.5 Å².